The zero-order valence-electron chi connectivity index (χ0n) is 22.1. The third-order valence-corrected chi connectivity index (χ3v) is 9.24. The van der Waals surface area contributed by atoms with Crippen LogP contribution >= 0.6 is 0 Å². The molecule has 8 heteroatoms. The number of primary amides is 1. The number of likely N-dealkylation sites (tertiary alicyclic amines) is 2. The van der Waals surface area contributed by atoms with Crippen LogP contribution in [0.25, 0.3) is 0 Å². The van der Waals surface area contributed by atoms with Gasteiger partial charge in [-0.15, -0.1) is 0 Å². The molecule has 0 bridgehead atoms. The van der Waals surface area contributed by atoms with Crippen molar-refractivity contribution in [2.24, 2.45) is 11.7 Å². The number of ketones is 1. The average molecular weight is 512 g/mol. The first-order chi connectivity index (χ1) is 17.8. The second-order valence-electron chi connectivity index (χ2n) is 11.7. The van der Waals surface area contributed by atoms with Gasteiger partial charge in [-0.2, -0.15) is 0 Å². The van der Waals surface area contributed by atoms with Gasteiger partial charge in [0.15, 0.2) is 5.78 Å². The van der Waals surface area contributed by atoms with Gasteiger partial charge in [0.05, 0.1) is 12.5 Å². The van der Waals surface area contributed by atoms with Crippen LogP contribution in [-0.4, -0.2) is 83.0 Å². The topological polar surface area (TPSA) is 113 Å². The van der Waals surface area contributed by atoms with Crippen molar-refractivity contribution >= 4 is 17.6 Å². The smallest absolute Gasteiger partial charge is 0.249 e. The Morgan fingerprint density at radius 2 is 1.78 bits per heavy atom. The van der Waals surface area contributed by atoms with Crippen LogP contribution in [0.5, 0.6) is 0 Å². The van der Waals surface area contributed by atoms with Crippen LogP contribution in [0.3, 0.4) is 0 Å². The number of hydrogen-bond donors (Lipinski definition) is 2. The molecular formula is C29H41N3O5. The second-order valence-corrected chi connectivity index (χ2v) is 11.7. The van der Waals surface area contributed by atoms with Gasteiger partial charge in [0.1, 0.15) is 24.9 Å². The Morgan fingerprint density at radius 1 is 1.08 bits per heavy atom. The number of aliphatic hydroxyl groups is 1. The number of carbonyl (C=O) groups excluding carboxylic acids is 3. The van der Waals surface area contributed by atoms with Crippen LogP contribution in [0, 0.1) is 5.92 Å². The number of aliphatic hydroxyl groups excluding tert-OH is 1. The van der Waals surface area contributed by atoms with E-state index in [9.17, 15) is 19.5 Å². The fourth-order valence-corrected chi connectivity index (χ4v) is 7.16. The third kappa shape index (κ3) is 5.08. The molecule has 5 rings (SSSR count). The fraction of sp³-hybridized carbons (Fsp3) is 0.690. The number of nitrogens with zero attached hydrogens (tertiary/aromatic N) is 2. The maximum atomic E-state index is 14.3. The summed E-state index contributed by atoms with van der Waals surface area (Å²) in [4.78, 5) is 43.6. The molecule has 202 valence electrons. The number of ether oxygens (including phenoxy) is 1. The Hall–Kier alpha value is -2.29. The molecule has 0 unspecified atom stereocenters. The van der Waals surface area contributed by atoms with Crippen molar-refractivity contribution in [2.75, 3.05) is 26.2 Å². The van der Waals surface area contributed by atoms with Crippen molar-refractivity contribution in [2.45, 2.75) is 94.9 Å². The van der Waals surface area contributed by atoms with Crippen LogP contribution in [0.2, 0.25) is 0 Å². The van der Waals surface area contributed by atoms with E-state index in [4.69, 9.17) is 10.5 Å². The minimum absolute atomic E-state index is 0.0611. The minimum Gasteiger partial charge on any atom is -0.388 e. The lowest BCUT2D eigenvalue weighted by Crippen LogP contribution is -2.46. The first-order valence-electron chi connectivity index (χ1n) is 14.1. The molecule has 3 heterocycles. The number of carbonyl (C=O) groups is 3. The highest BCUT2D eigenvalue weighted by molar-refractivity contribution is 5.99. The zero-order chi connectivity index (χ0) is 26.3. The first kappa shape index (κ1) is 26.3. The molecule has 4 fully saturated rings. The molecule has 0 spiro atoms. The SMILES string of the molecule is CC(C)N1CCC(c2ccc(C(N)=O)c([C@@H](C(=O)N3C[C@H](O)[C@H]4OCC(=O)[C@H]43)C3CCCCC3)c2)CC1. The largest absolute Gasteiger partial charge is 0.388 e. The molecule has 3 aliphatic heterocycles. The number of piperidine rings is 1. The van der Waals surface area contributed by atoms with E-state index in [0.717, 1.165) is 63.6 Å². The maximum Gasteiger partial charge on any atom is 0.249 e. The Kier molecular flexibility index (Phi) is 7.70. The van der Waals surface area contributed by atoms with Gasteiger partial charge in [-0.25, -0.2) is 0 Å². The molecule has 0 radical (unpaired) electrons. The number of amides is 2. The van der Waals surface area contributed by atoms with Gasteiger partial charge < -0.3 is 25.4 Å². The van der Waals surface area contributed by atoms with E-state index in [1.54, 1.807) is 6.07 Å². The average Bonchev–Trinajstić information content (AvgIpc) is 3.45. The van der Waals surface area contributed by atoms with Crippen LogP contribution < -0.4 is 5.73 Å². The highest BCUT2D eigenvalue weighted by Gasteiger charge is 2.53. The molecule has 4 aliphatic rings. The van der Waals surface area contributed by atoms with Gasteiger partial charge >= 0.3 is 0 Å². The third-order valence-electron chi connectivity index (χ3n) is 9.24. The molecular weight excluding hydrogens is 470 g/mol. The van der Waals surface area contributed by atoms with Crippen molar-refractivity contribution < 1.29 is 24.2 Å². The van der Waals surface area contributed by atoms with Gasteiger partial charge in [-0.05, 0) is 81.6 Å². The summed E-state index contributed by atoms with van der Waals surface area (Å²) in [5, 5.41) is 10.6. The Labute approximate surface area is 219 Å². The van der Waals surface area contributed by atoms with E-state index in [-0.39, 0.29) is 30.8 Å². The molecule has 3 saturated heterocycles. The monoisotopic (exact) mass is 511 g/mol. The summed E-state index contributed by atoms with van der Waals surface area (Å²) in [5.41, 5.74) is 8.09. The van der Waals surface area contributed by atoms with Crippen molar-refractivity contribution in [3.63, 3.8) is 0 Å². The lowest BCUT2D eigenvalue weighted by atomic mass is 9.73. The molecule has 1 aromatic carbocycles. The van der Waals surface area contributed by atoms with Crippen molar-refractivity contribution in [3.8, 4) is 0 Å². The van der Waals surface area contributed by atoms with Gasteiger partial charge in [0.2, 0.25) is 11.8 Å². The summed E-state index contributed by atoms with van der Waals surface area (Å²) in [6, 6.07) is 5.63. The maximum absolute atomic E-state index is 14.3. The van der Waals surface area contributed by atoms with E-state index in [1.807, 2.05) is 6.07 Å². The summed E-state index contributed by atoms with van der Waals surface area (Å²) in [5.74, 6) is -1.04. The van der Waals surface area contributed by atoms with E-state index < -0.39 is 30.1 Å². The number of rotatable bonds is 6. The molecule has 2 amide bonds. The molecule has 1 aromatic rings. The summed E-state index contributed by atoms with van der Waals surface area (Å²) in [6.07, 6.45) is 5.48. The van der Waals surface area contributed by atoms with Gasteiger partial charge in [-0.3, -0.25) is 14.4 Å². The normalized spacial score (nSPS) is 28.6. The number of nitrogens with two attached hydrogens (primary N) is 1. The predicted molar refractivity (Wildman–Crippen MR) is 139 cm³/mol. The number of hydrogen-bond acceptors (Lipinski definition) is 6. The number of fused-ring (bicyclic) bond motifs is 1. The van der Waals surface area contributed by atoms with Crippen LogP contribution in [0.15, 0.2) is 18.2 Å². The van der Waals surface area contributed by atoms with Crippen molar-refractivity contribution in [1.29, 1.82) is 0 Å². The quantitative estimate of drug-likeness (QED) is 0.607. The van der Waals surface area contributed by atoms with E-state index in [1.165, 1.54) is 4.90 Å². The Balaban J connectivity index is 1.51. The second kappa shape index (κ2) is 10.8. The van der Waals surface area contributed by atoms with Crippen molar-refractivity contribution in [3.05, 3.63) is 34.9 Å². The van der Waals surface area contributed by atoms with E-state index >= 15 is 0 Å². The lowest BCUT2D eigenvalue weighted by Gasteiger charge is -2.36. The Morgan fingerprint density at radius 3 is 2.43 bits per heavy atom. The molecule has 8 nitrogen and oxygen atoms in total. The summed E-state index contributed by atoms with van der Waals surface area (Å²) < 4.78 is 5.53. The number of Topliss-reactive ketones (excluding diaryl/α,β-unsaturated/α-hetero) is 1. The van der Waals surface area contributed by atoms with Gasteiger partial charge in [0, 0.05) is 11.6 Å². The minimum atomic E-state index is -0.888. The zero-order valence-corrected chi connectivity index (χ0v) is 22.1. The van der Waals surface area contributed by atoms with Gasteiger partial charge in [-0.1, -0.05) is 31.4 Å². The molecule has 37 heavy (non-hydrogen) atoms. The van der Waals surface area contributed by atoms with Crippen molar-refractivity contribution in [1.82, 2.24) is 9.80 Å². The van der Waals surface area contributed by atoms with Gasteiger partial charge in [0.25, 0.3) is 0 Å². The molecule has 0 aromatic heterocycles. The fourth-order valence-electron chi connectivity index (χ4n) is 7.16. The summed E-state index contributed by atoms with van der Waals surface area (Å²) >= 11 is 0. The van der Waals surface area contributed by atoms with Crippen LogP contribution in [-0.2, 0) is 14.3 Å². The molecule has 1 saturated carbocycles. The van der Waals surface area contributed by atoms with Crippen LogP contribution in [0.1, 0.15) is 92.1 Å². The van der Waals surface area contributed by atoms with Crippen LogP contribution in [0.4, 0.5) is 0 Å². The lowest BCUT2D eigenvalue weighted by molar-refractivity contribution is -0.139. The van der Waals surface area contributed by atoms with E-state index in [2.05, 4.69) is 24.8 Å². The standard InChI is InChI=1S/C29H41N3O5/c1-17(2)31-12-10-18(11-13-31)20-8-9-21(28(30)35)22(14-20)25(19-6-4-3-5-7-19)29(36)32-15-23(33)27-26(32)24(34)16-37-27/h8-9,14,17-19,23,25-27,33H,3-7,10-13,15-16H2,1-2H3,(H2,30,35)/t23-,25-,26+,27+/m0/s1. The van der Waals surface area contributed by atoms with E-state index in [0.29, 0.717) is 23.1 Å². The molecule has 3 N–H and O–H groups in total. The number of β-amino-alcohol motifs (C(OH)–C–C–N with tert-alkyl or cyclic N) is 1. The highest BCUT2D eigenvalue weighted by atomic mass is 16.5. The first-order valence-corrected chi connectivity index (χ1v) is 14.1. The molecule has 1 aliphatic carbocycles. The Bertz CT molecular complexity index is 1030. The highest BCUT2D eigenvalue weighted by Crippen LogP contribution is 2.42. The molecule has 4 atom stereocenters. The summed E-state index contributed by atoms with van der Waals surface area (Å²) in [7, 11) is 0. The summed E-state index contributed by atoms with van der Waals surface area (Å²) in [6.45, 7) is 6.48. The predicted octanol–water partition coefficient (Wildman–Crippen LogP) is 2.58. The number of benzene rings is 1.